The van der Waals surface area contributed by atoms with Gasteiger partial charge in [0.15, 0.2) is 0 Å². The van der Waals surface area contributed by atoms with E-state index in [-0.39, 0.29) is 0 Å². The molecule has 1 aromatic rings. The summed E-state index contributed by atoms with van der Waals surface area (Å²) in [5.41, 5.74) is 2.62. The maximum Gasteiger partial charge on any atom is 0.101 e. The van der Waals surface area contributed by atoms with E-state index in [0.717, 1.165) is 18.8 Å². The Balaban J connectivity index is 1.81. The van der Waals surface area contributed by atoms with Gasteiger partial charge in [-0.2, -0.15) is 10.5 Å². The molecule has 1 saturated carbocycles. The second-order valence-electron chi connectivity index (χ2n) is 5.16. The first-order valence-electron chi connectivity index (χ1n) is 5.96. The molecule has 3 rings (SSSR count). The molecule has 3 nitrogen and oxygen atoms in total. The first kappa shape index (κ1) is 10.2. The average Bonchev–Trinajstić information content (AvgIpc) is 2.25. The van der Waals surface area contributed by atoms with E-state index < -0.39 is 0 Å². The van der Waals surface area contributed by atoms with Gasteiger partial charge in [0, 0.05) is 24.2 Å². The van der Waals surface area contributed by atoms with Crippen LogP contribution in [0.15, 0.2) is 18.2 Å². The van der Waals surface area contributed by atoms with Crippen LogP contribution in [0.3, 0.4) is 0 Å². The van der Waals surface area contributed by atoms with E-state index in [1.54, 1.807) is 6.07 Å². The monoisotopic (exact) mass is 223 g/mol. The molecule has 0 atom stereocenters. The van der Waals surface area contributed by atoms with Crippen LogP contribution in [-0.4, -0.2) is 13.1 Å². The first-order chi connectivity index (χ1) is 8.26. The SMILES string of the molecule is N#Cc1ccc(N2CC3(CCC3)C2)cc1C#N. The molecule has 0 amide bonds. The molecule has 0 unspecified atom stereocenters. The van der Waals surface area contributed by atoms with Crippen molar-refractivity contribution in [2.75, 3.05) is 18.0 Å². The minimum Gasteiger partial charge on any atom is -0.370 e. The average molecular weight is 223 g/mol. The number of rotatable bonds is 1. The lowest BCUT2D eigenvalue weighted by Gasteiger charge is -2.57. The lowest BCUT2D eigenvalue weighted by Crippen LogP contribution is -2.59. The molecule has 1 aromatic carbocycles. The summed E-state index contributed by atoms with van der Waals surface area (Å²) in [5.74, 6) is 0. The van der Waals surface area contributed by atoms with Crippen LogP contribution >= 0.6 is 0 Å². The van der Waals surface area contributed by atoms with Gasteiger partial charge in [0.1, 0.15) is 12.1 Å². The fourth-order valence-electron chi connectivity index (χ4n) is 2.86. The van der Waals surface area contributed by atoms with Crippen molar-refractivity contribution in [1.82, 2.24) is 0 Å². The van der Waals surface area contributed by atoms with Crippen molar-refractivity contribution >= 4 is 5.69 Å². The summed E-state index contributed by atoms with van der Waals surface area (Å²) in [6, 6.07) is 9.67. The minimum atomic E-state index is 0.468. The molecule has 0 N–H and O–H groups in total. The molecule has 0 aromatic heterocycles. The van der Waals surface area contributed by atoms with Gasteiger partial charge >= 0.3 is 0 Å². The quantitative estimate of drug-likeness (QED) is 0.734. The van der Waals surface area contributed by atoms with Gasteiger partial charge in [-0.3, -0.25) is 0 Å². The smallest absolute Gasteiger partial charge is 0.101 e. The molecule has 0 radical (unpaired) electrons. The Morgan fingerprint density at radius 3 is 2.29 bits per heavy atom. The van der Waals surface area contributed by atoms with Crippen LogP contribution in [-0.2, 0) is 0 Å². The summed E-state index contributed by atoms with van der Waals surface area (Å²) in [6.07, 6.45) is 4.07. The van der Waals surface area contributed by atoms with Gasteiger partial charge < -0.3 is 4.90 Å². The molecule has 0 bridgehead atoms. The van der Waals surface area contributed by atoms with Crippen LogP contribution in [0.4, 0.5) is 5.69 Å². The molecule has 84 valence electrons. The van der Waals surface area contributed by atoms with E-state index in [0.29, 0.717) is 16.5 Å². The summed E-state index contributed by atoms with van der Waals surface area (Å²) >= 11 is 0. The summed E-state index contributed by atoms with van der Waals surface area (Å²) in [7, 11) is 0. The second-order valence-corrected chi connectivity index (χ2v) is 5.16. The predicted molar refractivity (Wildman–Crippen MR) is 64.4 cm³/mol. The number of benzene rings is 1. The number of nitrogens with zero attached hydrogens (tertiary/aromatic N) is 3. The normalized spacial score (nSPS) is 20.0. The fourth-order valence-corrected chi connectivity index (χ4v) is 2.86. The van der Waals surface area contributed by atoms with E-state index in [1.165, 1.54) is 19.3 Å². The Kier molecular flexibility index (Phi) is 2.09. The fraction of sp³-hybridized carbons (Fsp3) is 0.429. The van der Waals surface area contributed by atoms with Gasteiger partial charge in [0.05, 0.1) is 11.1 Å². The predicted octanol–water partition coefficient (Wildman–Crippen LogP) is 2.42. The summed E-state index contributed by atoms with van der Waals surface area (Å²) in [5, 5.41) is 17.9. The standard InChI is InChI=1S/C14H13N3/c15-7-11-2-3-13(6-12(11)8-16)17-9-14(10-17)4-1-5-14/h2-3,6H,1,4-5,9-10H2. The Hall–Kier alpha value is -2.00. The molecule has 1 saturated heterocycles. The van der Waals surface area contributed by atoms with Crippen LogP contribution in [0.25, 0.3) is 0 Å². The molecular formula is C14H13N3. The topological polar surface area (TPSA) is 50.8 Å². The van der Waals surface area contributed by atoms with E-state index in [9.17, 15) is 0 Å². The second kappa shape index (κ2) is 3.50. The summed E-state index contributed by atoms with van der Waals surface area (Å²) in [6.45, 7) is 2.23. The van der Waals surface area contributed by atoms with Gasteiger partial charge in [0.25, 0.3) is 0 Å². The highest BCUT2D eigenvalue weighted by Crippen LogP contribution is 2.49. The first-order valence-corrected chi connectivity index (χ1v) is 5.96. The van der Waals surface area contributed by atoms with Crippen molar-refractivity contribution in [3.63, 3.8) is 0 Å². The Labute approximate surface area is 101 Å². The Morgan fingerprint density at radius 2 is 1.76 bits per heavy atom. The number of nitriles is 2. The van der Waals surface area contributed by atoms with Crippen molar-refractivity contribution < 1.29 is 0 Å². The highest BCUT2D eigenvalue weighted by atomic mass is 15.2. The molecule has 2 aliphatic rings. The zero-order valence-corrected chi connectivity index (χ0v) is 9.61. The van der Waals surface area contributed by atoms with Gasteiger partial charge in [-0.25, -0.2) is 0 Å². The zero-order chi connectivity index (χ0) is 11.9. The van der Waals surface area contributed by atoms with Crippen molar-refractivity contribution in [2.45, 2.75) is 19.3 Å². The lowest BCUT2D eigenvalue weighted by molar-refractivity contribution is 0.0904. The Bertz CT molecular complexity index is 536. The van der Waals surface area contributed by atoms with Crippen LogP contribution in [0.2, 0.25) is 0 Å². The highest BCUT2D eigenvalue weighted by molar-refractivity contribution is 5.59. The third-order valence-electron chi connectivity index (χ3n) is 4.08. The number of hydrogen-bond acceptors (Lipinski definition) is 3. The van der Waals surface area contributed by atoms with E-state index in [1.807, 2.05) is 18.2 Å². The van der Waals surface area contributed by atoms with Crippen molar-refractivity contribution in [2.24, 2.45) is 5.41 Å². The van der Waals surface area contributed by atoms with Gasteiger partial charge in [0.2, 0.25) is 0 Å². The van der Waals surface area contributed by atoms with E-state index >= 15 is 0 Å². The highest BCUT2D eigenvalue weighted by Gasteiger charge is 2.47. The van der Waals surface area contributed by atoms with Crippen molar-refractivity contribution in [1.29, 1.82) is 10.5 Å². The maximum atomic E-state index is 8.99. The molecule has 17 heavy (non-hydrogen) atoms. The zero-order valence-electron chi connectivity index (χ0n) is 9.61. The summed E-state index contributed by atoms with van der Waals surface area (Å²) < 4.78 is 0. The van der Waals surface area contributed by atoms with Crippen LogP contribution in [0.5, 0.6) is 0 Å². The lowest BCUT2D eigenvalue weighted by atomic mass is 9.63. The maximum absolute atomic E-state index is 8.99. The van der Waals surface area contributed by atoms with E-state index in [2.05, 4.69) is 11.0 Å². The number of hydrogen-bond donors (Lipinski definition) is 0. The minimum absolute atomic E-state index is 0.468. The van der Waals surface area contributed by atoms with Gasteiger partial charge in [-0.15, -0.1) is 0 Å². The third kappa shape index (κ3) is 1.47. The van der Waals surface area contributed by atoms with Crippen LogP contribution in [0.1, 0.15) is 30.4 Å². The van der Waals surface area contributed by atoms with Crippen LogP contribution < -0.4 is 4.90 Å². The molecule has 3 heteroatoms. The third-order valence-corrected chi connectivity index (χ3v) is 4.08. The molecule has 1 spiro atoms. The Morgan fingerprint density at radius 1 is 1.06 bits per heavy atom. The van der Waals surface area contributed by atoms with Gasteiger partial charge in [-0.1, -0.05) is 6.42 Å². The molecule has 1 aliphatic carbocycles. The van der Waals surface area contributed by atoms with Crippen molar-refractivity contribution in [3.8, 4) is 12.1 Å². The largest absolute Gasteiger partial charge is 0.370 e. The molecular weight excluding hydrogens is 210 g/mol. The number of anilines is 1. The van der Waals surface area contributed by atoms with Crippen LogP contribution in [0, 0.1) is 28.1 Å². The molecule has 1 heterocycles. The molecule has 1 aliphatic heterocycles. The summed E-state index contributed by atoms with van der Waals surface area (Å²) in [4.78, 5) is 2.31. The van der Waals surface area contributed by atoms with Crippen molar-refractivity contribution in [3.05, 3.63) is 29.3 Å². The molecule has 2 fully saturated rings. The van der Waals surface area contributed by atoms with E-state index in [4.69, 9.17) is 10.5 Å². The van der Waals surface area contributed by atoms with Gasteiger partial charge in [-0.05, 0) is 31.0 Å².